The Balaban J connectivity index is 2.10. The van der Waals surface area contributed by atoms with Crippen LogP contribution < -0.4 is 16.3 Å². The first-order valence-electron chi connectivity index (χ1n) is 10.8. The zero-order valence-corrected chi connectivity index (χ0v) is 19.5. The lowest BCUT2D eigenvalue weighted by molar-refractivity contribution is 0.116. The van der Waals surface area contributed by atoms with Crippen molar-refractivity contribution in [2.45, 2.75) is 59.0 Å². The van der Waals surface area contributed by atoms with E-state index in [1.165, 1.54) is 29.2 Å². The fourth-order valence-electron chi connectivity index (χ4n) is 3.34. The summed E-state index contributed by atoms with van der Waals surface area (Å²) in [6, 6.07) is 3.71. The Labute approximate surface area is 185 Å². The molecule has 1 aromatic heterocycles. The zero-order chi connectivity index (χ0) is 23.0. The molecule has 8 heteroatoms. The molecule has 1 heterocycles. The Bertz CT molecular complexity index is 809. The van der Waals surface area contributed by atoms with Crippen molar-refractivity contribution in [2.75, 3.05) is 27.2 Å². The number of likely N-dealkylation sites (N-methyl/N-ethyl adjacent to an activating group) is 2. The van der Waals surface area contributed by atoms with E-state index in [0.29, 0.717) is 23.6 Å². The molecule has 1 saturated carbocycles. The third kappa shape index (κ3) is 7.47. The molecule has 8 nitrogen and oxygen atoms in total. The Hall–Kier alpha value is -2.74. The van der Waals surface area contributed by atoms with Gasteiger partial charge in [0.15, 0.2) is 0 Å². The second-order valence-corrected chi connectivity index (χ2v) is 8.35. The van der Waals surface area contributed by atoms with Gasteiger partial charge in [0.05, 0.1) is 28.9 Å². The average Bonchev–Trinajstić information content (AvgIpc) is 2.73. The molecule has 0 atom stereocenters. The van der Waals surface area contributed by atoms with E-state index in [9.17, 15) is 4.79 Å². The molecule has 1 amide bonds. The fourth-order valence-corrected chi connectivity index (χ4v) is 3.34. The Morgan fingerprint density at radius 2 is 1.90 bits per heavy atom. The summed E-state index contributed by atoms with van der Waals surface area (Å²) in [5.41, 5.74) is 9.63. The molecule has 2 rings (SSSR count). The summed E-state index contributed by atoms with van der Waals surface area (Å²) < 4.78 is 11.5. The lowest BCUT2D eigenvalue weighted by atomic mass is 9.98. The Morgan fingerprint density at radius 1 is 1.23 bits per heavy atom. The highest BCUT2D eigenvalue weighted by molar-refractivity contribution is 5.69. The Morgan fingerprint density at radius 3 is 2.48 bits per heavy atom. The molecule has 0 spiro atoms. The third-order valence-corrected chi connectivity index (χ3v) is 5.31. The van der Waals surface area contributed by atoms with Crippen LogP contribution in [-0.4, -0.2) is 54.3 Å². The van der Waals surface area contributed by atoms with Gasteiger partial charge < -0.3 is 25.1 Å². The number of amides is 1. The van der Waals surface area contributed by atoms with Gasteiger partial charge in [-0.15, -0.1) is 0 Å². The zero-order valence-electron chi connectivity index (χ0n) is 19.5. The maximum Gasteiger partial charge on any atom is 0.410 e. The second-order valence-electron chi connectivity index (χ2n) is 8.35. The van der Waals surface area contributed by atoms with E-state index in [-0.39, 0.29) is 12.7 Å². The number of allylic oxidation sites excluding steroid dienone is 1. The van der Waals surface area contributed by atoms with E-state index < -0.39 is 6.09 Å². The number of aryl methyl sites for hydroxylation is 1. The minimum Gasteiger partial charge on any atom is -0.489 e. The van der Waals surface area contributed by atoms with E-state index in [4.69, 9.17) is 21.1 Å². The smallest absolute Gasteiger partial charge is 0.410 e. The number of rotatable bonds is 8. The van der Waals surface area contributed by atoms with Gasteiger partial charge in [-0.05, 0) is 58.6 Å². The predicted molar refractivity (Wildman–Crippen MR) is 123 cm³/mol. The molecule has 1 aliphatic rings. The van der Waals surface area contributed by atoms with Crippen LogP contribution in [-0.2, 0) is 4.74 Å². The molecule has 0 aromatic carbocycles. The molecule has 0 radical (unpaired) electrons. The van der Waals surface area contributed by atoms with Crippen LogP contribution in [0, 0.1) is 6.92 Å². The number of hydrogen-bond acceptors (Lipinski definition) is 7. The number of nitrogens with zero attached hydrogens (tertiary/aromatic N) is 3. The van der Waals surface area contributed by atoms with Crippen LogP contribution >= 0.6 is 0 Å². The molecule has 172 valence electrons. The summed E-state index contributed by atoms with van der Waals surface area (Å²) in [5.74, 6) is 6.73. The van der Waals surface area contributed by atoms with Gasteiger partial charge in [-0.3, -0.25) is 0 Å². The fraction of sp³-hybridized carbons (Fsp3) is 0.565. The maximum absolute atomic E-state index is 12.2. The van der Waals surface area contributed by atoms with Crippen LogP contribution in [0.25, 0.3) is 5.70 Å². The lowest BCUT2D eigenvalue weighted by Gasteiger charge is -2.24. The number of hydrogen-bond donors (Lipinski definition) is 2. The minimum atomic E-state index is -0.454. The molecular formula is C23H37N5O3. The quantitative estimate of drug-likeness (QED) is 0.368. The van der Waals surface area contributed by atoms with Crippen molar-refractivity contribution in [3.05, 3.63) is 40.9 Å². The van der Waals surface area contributed by atoms with Gasteiger partial charge in [0, 0.05) is 20.6 Å². The van der Waals surface area contributed by atoms with Crippen LogP contribution in [0.1, 0.15) is 57.3 Å². The van der Waals surface area contributed by atoms with Gasteiger partial charge in [-0.1, -0.05) is 18.1 Å². The molecule has 4 N–H and O–H groups in total. The molecule has 1 fully saturated rings. The van der Waals surface area contributed by atoms with Crippen LogP contribution in [0.5, 0.6) is 5.75 Å². The molecular weight excluding hydrogens is 394 g/mol. The molecule has 1 aliphatic carbocycles. The molecule has 0 aliphatic heterocycles. The van der Waals surface area contributed by atoms with Crippen molar-refractivity contribution in [1.82, 2.24) is 14.9 Å². The van der Waals surface area contributed by atoms with Gasteiger partial charge in [-0.25, -0.2) is 15.6 Å². The van der Waals surface area contributed by atoms with E-state index in [0.717, 1.165) is 29.9 Å². The molecule has 0 bridgehead atoms. The summed E-state index contributed by atoms with van der Waals surface area (Å²) >= 11 is 0. The second kappa shape index (κ2) is 11.6. The van der Waals surface area contributed by atoms with Crippen molar-refractivity contribution >= 4 is 11.8 Å². The number of aromatic nitrogens is 1. The number of carbonyl (C=O) groups excluding carboxylic acids is 1. The highest BCUT2D eigenvalue weighted by Gasteiger charge is 2.18. The largest absolute Gasteiger partial charge is 0.489 e. The van der Waals surface area contributed by atoms with Crippen molar-refractivity contribution in [3.8, 4) is 5.75 Å². The van der Waals surface area contributed by atoms with Gasteiger partial charge in [0.1, 0.15) is 12.4 Å². The van der Waals surface area contributed by atoms with Crippen LogP contribution in [0.2, 0.25) is 0 Å². The topological polar surface area (TPSA) is 107 Å². The van der Waals surface area contributed by atoms with Gasteiger partial charge in [-0.2, -0.15) is 0 Å². The first-order valence-corrected chi connectivity index (χ1v) is 10.8. The molecule has 0 saturated heterocycles. The summed E-state index contributed by atoms with van der Waals surface area (Å²) in [7, 11) is 3.33. The molecule has 31 heavy (non-hydrogen) atoms. The van der Waals surface area contributed by atoms with E-state index in [1.807, 2.05) is 39.0 Å². The van der Waals surface area contributed by atoms with Crippen molar-refractivity contribution < 1.29 is 14.3 Å². The third-order valence-electron chi connectivity index (χ3n) is 5.31. The summed E-state index contributed by atoms with van der Waals surface area (Å²) in [6.45, 7) is 6.27. The number of pyridine rings is 1. The summed E-state index contributed by atoms with van der Waals surface area (Å²) in [4.78, 5) is 18.3. The number of nitrogens with two attached hydrogens (primary N) is 2. The van der Waals surface area contributed by atoms with Crippen molar-refractivity contribution in [1.29, 1.82) is 0 Å². The highest BCUT2D eigenvalue weighted by atomic mass is 16.6. The number of carbonyl (C=O) groups is 1. The van der Waals surface area contributed by atoms with Crippen molar-refractivity contribution in [3.63, 3.8) is 0 Å². The number of hydrazine groups is 1. The SMILES string of the molecule is CC(C)=CCN(C)C(=O)OC/C(=C(/N)c1ccc(OC2CCCCC2)c(C)n1)N(C)N. The average molecular weight is 432 g/mol. The van der Waals surface area contributed by atoms with Gasteiger partial charge in [0.2, 0.25) is 0 Å². The minimum absolute atomic E-state index is 0.0577. The summed E-state index contributed by atoms with van der Waals surface area (Å²) in [5, 5.41) is 1.35. The number of ether oxygens (including phenoxy) is 2. The standard InChI is InChI=1S/C23H37N5O3/c1-16(2)13-14-27(4)23(29)30-15-20(28(5)25)22(24)19-11-12-21(17(3)26-19)31-18-9-7-6-8-10-18/h11-13,18H,6-10,14-15,24-25H2,1-5H3/b22-20-. The van der Waals surface area contributed by atoms with E-state index in [1.54, 1.807) is 14.1 Å². The van der Waals surface area contributed by atoms with Gasteiger partial charge in [0.25, 0.3) is 0 Å². The maximum atomic E-state index is 12.2. The first-order chi connectivity index (χ1) is 14.7. The van der Waals surface area contributed by atoms with E-state index in [2.05, 4.69) is 4.98 Å². The lowest BCUT2D eigenvalue weighted by Crippen LogP contribution is -2.34. The monoisotopic (exact) mass is 431 g/mol. The van der Waals surface area contributed by atoms with Crippen LogP contribution in [0.3, 0.4) is 0 Å². The normalized spacial score (nSPS) is 15.0. The van der Waals surface area contributed by atoms with Gasteiger partial charge >= 0.3 is 6.09 Å². The van der Waals surface area contributed by atoms with Crippen molar-refractivity contribution in [2.24, 2.45) is 11.6 Å². The van der Waals surface area contributed by atoms with Crippen LogP contribution in [0.15, 0.2) is 29.5 Å². The molecule has 1 aromatic rings. The molecule has 0 unspecified atom stereocenters. The Kier molecular flexibility index (Phi) is 9.18. The summed E-state index contributed by atoms with van der Waals surface area (Å²) in [6.07, 6.45) is 7.61. The highest BCUT2D eigenvalue weighted by Crippen LogP contribution is 2.26. The first kappa shape index (κ1) is 24.5. The van der Waals surface area contributed by atoms with Crippen LogP contribution in [0.4, 0.5) is 4.79 Å². The predicted octanol–water partition coefficient (Wildman–Crippen LogP) is 3.57. The van der Waals surface area contributed by atoms with E-state index >= 15 is 0 Å².